The molecule has 3 nitrogen and oxygen atoms in total. The molecule has 3 heteroatoms. The molecule has 186 valence electrons. The van der Waals surface area contributed by atoms with E-state index in [0.29, 0.717) is 30.1 Å². The second kappa shape index (κ2) is 9.51. The van der Waals surface area contributed by atoms with Crippen molar-refractivity contribution in [2.45, 2.75) is 112 Å². The number of aliphatic hydroxyl groups excluding tert-OH is 1. The molecule has 4 aliphatic carbocycles. The monoisotopic (exact) mass is 456 g/mol. The number of carbonyl (C=O) groups excluding carboxylic acids is 1. The minimum Gasteiger partial charge on any atom is -0.430 e. The van der Waals surface area contributed by atoms with Crippen molar-refractivity contribution in [1.82, 2.24) is 0 Å². The van der Waals surface area contributed by atoms with E-state index in [9.17, 15) is 9.90 Å². The van der Waals surface area contributed by atoms with Gasteiger partial charge in [-0.15, -0.1) is 0 Å². The van der Waals surface area contributed by atoms with E-state index in [1.165, 1.54) is 50.5 Å². The summed E-state index contributed by atoms with van der Waals surface area (Å²) in [6.07, 6.45) is 15.2. The zero-order valence-corrected chi connectivity index (χ0v) is 22.0. The summed E-state index contributed by atoms with van der Waals surface area (Å²) in [5.74, 6) is 4.93. The molecule has 4 aliphatic rings. The van der Waals surface area contributed by atoms with Crippen molar-refractivity contribution in [3.63, 3.8) is 0 Å². The molecule has 0 unspecified atom stereocenters. The SMILES string of the molecule is CCC(=O)OC1=C[C@@H](O)CC2=CC[C@@H]3[C@H](CC[C@]4(C)[C@@H]([C@H](C)CCCC(C)C)CC[C@@H]34)[C@]21C. The molecular weight excluding hydrogens is 408 g/mol. The summed E-state index contributed by atoms with van der Waals surface area (Å²) in [5, 5.41) is 10.5. The number of hydrogen-bond acceptors (Lipinski definition) is 3. The minimum absolute atomic E-state index is 0.185. The van der Waals surface area contributed by atoms with Crippen LogP contribution in [0.1, 0.15) is 106 Å². The molecule has 33 heavy (non-hydrogen) atoms. The molecule has 0 aromatic carbocycles. The van der Waals surface area contributed by atoms with Crippen molar-refractivity contribution in [3.05, 3.63) is 23.5 Å². The highest BCUT2D eigenvalue weighted by atomic mass is 16.5. The number of carbonyl (C=O) groups is 1. The van der Waals surface area contributed by atoms with Crippen molar-refractivity contribution in [3.8, 4) is 0 Å². The van der Waals surface area contributed by atoms with Crippen LogP contribution in [0.3, 0.4) is 0 Å². The number of fused-ring (bicyclic) bond motifs is 5. The van der Waals surface area contributed by atoms with Gasteiger partial charge in [0, 0.05) is 11.8 Å². The topological polar surface area (TPSA) is 46.5 Å². The van der Waals surface area contributed by atoms with E-state index in [4.69, 9.17) is 4.74 Å². The van der Waals surface area contributed by atoms with E-state index < -0.39 is 6.10 Å². The highest BCUT2D eigenvalue weighted by molar-refractivity contribution is 5.70. The summed E-state index contributed by atoms with van der Waals surface area (Å²) in [6.45, 7) is 14.0. The lowest BCUT2D eigenvalue weighted by molar-refractivity contribution is -0.142. The van der Waals surface area contributed by atoms with Gasteiger partial charge in [0.1, 0.15) is 5.76 Å². The van der Waals surface area contributed by atoms with E-state index in [1.54, 1.807) is 0 Å². The van der Waals surface area contributed by atoms with Crippen LogP contribution < -0.4 is 0 Å². The molecule has 0 aromatic heterocycles. The van der Waals surface area contributed by atoms with Crippen molar-refractivity contribution < 1.29 is 14.6 Å². The Morgan fingerprint density at radius 3 is 2.61 bits per heavy atom. The van der Waals surface area contributed by atoms with E-state index >= 15 is 0 Å². The molecule has 1 N–H and O–H groups in total. The van der Waals surface area contributed by atoms with E-state index in [1.807, 2.05) is 13.0 Å². The lowest BCUT2D eigenvalue weighted by Gasteiger charge is -2.58. The molecule has 0 aromatic rings. The van der Waals surface area contributed by atoms with Gasteiger partial charge in [-0.1, -0.05) is 65.5 Å². The van der Waals surface area contributed by atoms with Crippen LogP contribution in [0, 0.1) is 46.3 Å². The Hall–Kier alpha value is -1.09. The summed E-state index contributed by atoms with van der Waals surface area (Å²) in [6, 6.07) is 0. The van der Waals surface area contributed by atoms with Gasteiger partial charge in [0.15, 0.2) is 0 Å². The smallest absolute Gasteiger partial charge is 0.310 e. The van der Waals surface area contributed by atoms with Crippen molar-refractivity contribution in [2.75, 3.05) is 0 Å². The Kier molecular flexibility index (Phi) is 7.21. The molecule has 0 heterocycles. The van der Waals surface area contributed by atoms with Gasteiger partial charge in [-0.05, 0) is 92.4 Å². The Morgan fingerprint density at radius 2 is 1.91 bits per heavy atom. The Bertz CT molecular complexity index is 794. The third-order valence-electron chi connectivity index (χ3n) is 10.5. The zero-order chi connectivity index (χ0) is 24.0. The number of hydrogen-bond donors (Lipinski definition) is 1. The first-order valence-electron chi connectivity index (χ1n) is 13.9. The molecule has 0 amide bonds. The maximum absolute atomic E-state index is 12.3. The number of allylic oxidation sites excluding steroid dienone is 2. The van der Waals surface area contributed by atoms with Crippen molar-refractivity contribution >= 4 is 5.97 Å². The van der Waals surface area contributed by atoms with Crippen LogP contribution in [-0.4, -0.2) is 17.2 Å². The maximum Gasteiger partial charge on any atom is 0.310 e. The molecule has 8 atom stereocenters. The highest BCUT2D eigenvalue weighted by Gasteiger charge is 2.60. The van der Waals surface area contributed by atoms with Gasteiger partial charge in [0.25, 0.3) is 0 Å². The minimum atomic E-state index is -0.545. The van der Waals surface area contributed by atoms with Gasteiger partial charge < -0.3 is 9.84 Å². The van der Waals surface area contributed by atoms with Crippen molar-refractivity contribution in [1.29, 1.82) is 0 Å². The summed E-state index contributed by atoms with van der Waals surface area (Å²) in [7, 11) is 0. The second-order valence-corrected chi connectivity index (χ2v) is 12.7. The van der Waals surface area contributed by atoms with Gasteiger partial charge in [-0.3, -0.25) is 4.79 Å². The molecule has 0 radical (unpaired) electrons. The molecule has 0 spiro atoms. The first-order valence-corrected chi connectivity index (χ1v) is 13.9. The van der Waals surface area contributed by atoms with E-state index in [-0.39, 0.29) is 11.4 Å². The van der Waals surface area contributed by atoms with Gasteiger partial charge in [-0.2, -0.15) is 0 Å². The third kappa shape index (κ3) is 4.37. The number of rotatable bonds is 7. The molecular formula is C30H48O3. The van der Waals surface area contributed by atoms with Crippen LogP contribution in [0.25, 0.3) is 0 Å². The van der Waals surface area contributed by atoms with E-state index in [2.05, 4.69) is 40.7 Å². The third-order valence-corrected chi connectivity index (χ3v) is 10.5. The standard InChI is InChI=1S/C30H48O3/c1-7-28(32)33-27-18-22(31)17-21-11-12-23-25-14-13-24(20(4)10-8-9-19(2)3)29(25,5)16-15-26(23)30(21,27)6/h11,18-20,22-26,31H,7-10,12-17H2,1-6H3/t20-,22+,23+,24-,25+,26+,29-,30+/m1/s1. The summed E-state index contributed by atoms with van der Waals surface area (Å²) in [5.41, 5.74) is 1.51. The Labute approximate surface area is 202 Å². The normalized spacial score (nSPS) is 40.9. The number of ether oxygens (including phenoxy) is 1. The van der Waals surface area contributed by atoms with Crippen LogP contribution in [-0.2, 0) is 9.53 Å². The average Bonchev–Trinajstić information content (AvgIpc) is 3.11. The Morgan fingerprint density at radius 1 is 1.15 bits per heavy atom. The lowest BCUT2D eigenvalue weighted by Crippen LogP contribution is -2.51. The fourth-order valence-electron chi connectivity index (χ4n) is 8.69. The summed E-state index contributed by atoms with van der Waals surface area (Å²) < 4.78 is 5.91. The maximum atomic E-state index is 12.3. The van der Waals surface area contributed by atoms with Gasteiger partial charge in [0.05, 0.1) is 6.10 Å². The van der Waals surface area contributed by atoms with E-state index in [0.717, 1.165) is 35.9 Å². The second-order valence-electron chi connectivity index (χ2n) is 12.7. The van der Waals surface area contributed by atoms with Gasteiger partial charge in [0.2, 0.25) is 0 Å². The Balaban J connectivity index is 1.56. The quantitative estimate of drug-likeness (QED) is 0.320. The molecule has 0 aliphatic heterocycles. The highest BCUT2D eigenvalue weighted by Crippen LogP contribution is 2.67. The molecule has 0 bridgehead atoms. The molecule has 0 saturated heterocycles. The first kappa shape index (κ1) is 25.0. The fourth-order valence-corrected chi connectivity index (χ4v) is 8.69. The predicted octanol–water partition coefficient (Wildman–Crippen LogP) is 7.45. The molecule has 2 saturated carbocycles. The van der Waals surface area contributed by atoms with Crippen LogP contribution in [0.4, 0.5) is 0 Å². The summed E-state index contributed by atoms with van der Waals surface area (Å²) in [4.78, 5) is 12.3. The number of aliphatic hydroxyl groups is 1. The summed E-state index contributed by atoms with van der Waals surface area (Å²) >= 11 is 0. The molecule has 2 fully saturated rings. The van der Waals surface area contributed by atoms with Gasteiger partial charge in [-0.25, -0.2) is 0 Å². The fraction of sp³-hybridized carbons (Fsp3) is 0.833. The van der Waals surface area contributed by atoms with Gasteiger partial charge >= 0.3 is 5.97 Å². The zero-order valence-electron chi connectivity index (χ0n) is 22.0. The van der Waals surface area contributed by atoms with Crippen LogP contribution >= 0.6 is 0 Å². The predicted molar refractivity (Wildman–Crippen MR) is 134 cm³/mol. The first-order chi connectivity index (χ1) is 15.6. The largest absolute Gasteiger partial charge is 0.430 e. The molecule has 4 rings (SSSR count). The average molecular weight is 457 g/mol. The van der Waals surface area contributed by atoms with Crippen LogP contribution in [0.15, 0.2) is 23.5 Å². The lowest BCUT2D eigenvalue weighted by atomic mass is 9.47. The van der Waals surface area contributed by atoms with Crippen molar-refractivity contribution in [2.24, 2.45) is 46.3 Å². The number of esters is 1. The van der Waals surface area contributed by atoms with Crippen LogP contribution in [0.5, 0.6) is 0 Å². The van der Waals surface area contributed by atoms with Crippen LogP contribution in [0.2, 0.25) is 0 Å².